The molecular weight excluding hydrogens is 316 g/mol. The van der Waals surface area contributed by atoms with E-state index in [2.05, 4.69) is 39.6 Å². The maximum Gasteiger partial charge on any atom is 0.222 e. The zero-order chi connectivity index (χ0) is 14.6. The highest BCUT2D eigenvalue weighted by Crippen LogP contribution is 2.34. The van der Waals surface area contributed by atoms with Crippen LogP contribution in [0.15, 0.2) is 0 Å². The molecule has 2 aliphatic heterocycles. The van der Waals surface area contributed by atoms with E-state index < -0.39 is 0 Å². The fourth-order valence-electron chi connectivity index (χ4n) is 4.07. The first-order valence-corrected chi connectivity index (χ1v) is 9.34. The predicted octanol–water partition coefficient (Wildman–Crippen LogP) is 3.27. The molecule has 4 heteroatoms. The summed E-state index contributed by atoms with van der Waals surface area (Å²) in [4.78, 5) is 16.5. The van der Waals surface area contributed by atoms with Gasteiger partial charge in [-0.1, -0.05) is 42.6 Å². The van der Waals surface area contributed by atoms with E-state index in [0.717, 1.165) is 37.8 Å². The van der Waals surface area contributed by atoms with Crippen LogP contribution in [0.4, 0.5) is 0 Å². The maximum absolute atomic E-state index is 11.8. The van der Waals surface area contributed by atoms with E-state index in [9.17, 15) is 4.79 Å². The van der Waals surface area contributed by atoms with Crippen molar-refractivity contribution in [1.82, 2.24) is 9.80 Å². The minimum absolute atomic E-state index is 0.378. The zero-order valence-electron chi connectivity index (χ0n) is 13.0. The fraction of sp³-hybridized carbons (Fsp3) is 0.938. The van der Waals surface area contributed by atoms with Crippen LogP contribution in [-0.4, -0.2) is 53.3 Å². The molecule has 2 heterocycles. The molecule has 0 bridgehead atoms. The van der Waals surface area contributed by atoms with E-state index >= 15 is 0 Å². The van der Waals surface area contributed by atoms with Gasteiger partial charge in [0.25, 0.3) is 0 Å². The second-order valence-corrected chi connectivity index (χ2v) is 7.21. The molecule has 20 heavy (non-hydrogen) atoms. The van der Waals surface area contributed by atoms with Crippen LogP contribution >= 0.6 is 15.9 Å². The molecule has 0 spiro atoms. The predicted molar refractivity (Wildman–Crippen MR) is 87.2 cm³/mol. The Morgan fingerprint density at radius 3 is 2.55 bits per heavy atom. The highest BCUT2D eigenvalue weighted by molar-refractivity contribution is 9.09. The van der Waals surface area contributed by atoms with Gasteiger partial charge in [0.05, 0.1) is 0 Å². The molecule has 2 saturated heterocycles. The van der Waals surface area contributed by atoms with Crippen LogP contribution in [0.5, 0.6) is 0 Å². The minimum atomic E-state index is 0.378. The van der Waals surface area contributed by atoms with Crippen molar-refractivity contribution in [2.24, 2.45) is 5.41 Å². The Labute approximate surface area is 132 Å². The van der Waals surface area contributed by atoms with Gasteiger partial charge < -0.3 is 4.90 Å². The summed E-state index contributed by atoms with van der Waals surface area (Å²) < 4.78 is 0. The zero-order valence-corrected chi connectivity index (χ0v) is 14.6. The molecule has 0 aromatic rings. The van der Waals surface area contributed by atoms with Crippen molar-refractivity contribution in [2.45, 2.75) is 58.4 Å². The van der Waals surface area contributed by atoms with Gasteiger partial charge in [0.1, 0.15) is 0 Å². The number of hydrogen-bond donors (Lipinski definition) is 0. The lowest BCUT2D eigenvalue weighted by molar-refractivity contribution is -0.130. The molecule has 0 aliphatic carbocycles. The Bertz CT molecular complexity index is 328. The summed E-state index contributed by atoms with van der Waals surface area (Å²) in [6, 6.07) is 0.493. The monoisotopic (exact) mass is 344 g/mol. The van der Waals surface area contributed by atoms with Gasteiger partial charge >= 0.3 is 0 Å². The fourth-order valence-corrected chi connectivity index (χ4v) is 4.80. The van der Waals surface area contributed by atoms with E-state index in [4.69, 9.17) is 0 Å². The van der Waals surface area contributed by atoms with Crippen LogP contribution in [-0.2, 0) is 4.79 Å². The average Bonchev–Trinajstić information content (AvgIpc) is 2.80. The molecule has 1 amide bonds. The smallest absolute Gasteiger partial charge is 0.222 e. The first-order valence-electron chi connectivity index (χ1n) is 8.22. The van der Waals surface area contributed by atoms with Crippen molar-refractivity contribution in [3.8, 4) is 0 Å². The molecule has 0 aromatic heterocycles. The standard InChI is InChI=1S/C16H29BrN2O/c1-3-7-16(12-17,8-4-2)13-18-9-10-19-14(11-18)5-6-15(19)20/h14H,3-13H2,1-2H3. The average molecular weight is 345 g/mol. The molecule has 116 valence electrons. The highest BCUT2D eigenvalue weighted by atomic mass is 79.9. The summed E-state index contributed by atoms with van der Waals surface area (Å²) in [7, 11) is 0. The first kappa shape index (κ1) is 16.3. The number of hydrogen-bond acceptors (Lipinski definition) is 2. The number of amides is 1. The largest absolute Gasteiger partial charge is 0.337 e. The molecule has 0 N–H and O–H groups in total. The molecule has 2 aliphatic rings. The molecule has 3 nitrogen and oxygen atoms in total. The Morgan fingerprint density at radius 2 is 1.95 bits per heavy atom. The number of carbonyl (C=O) groups is 1. The third-order valence-electron chi connectivity index (χ3n) is 4.98. The summed E-state index contributed by atoms with van der Waals surface area (Å²) in [5.74, 6) is 0.378. The normalized spacial score (nSPS) is 24.2. The summed E-state index contributed by atoms with van der Waals surface area (Å²) in [6.45, 7) is 8.87. The van der Waals surface area contributed by atoms with Gasteiger partial charge in [-0.25, -0.2) is 0 Å². The maximum atomic E-state index is 11.8. The second kappa shape index (κ2) is 7.26. The summed E-state index contributed by atoms with van der Waals surface area (Å²) in [6.07, 6.45) is 6.96. The van der Waals surface area contributed by atoms with E-state index in [1.54, 1.807) is 0 Å². The van der Waals surface area contributed by atoms with Gasteiger partial charge in [0.2, 0.25) is 5.91 Å². The Balaban J connectivity index is 1.95. The third-order valence-corrected chi connectivity index (χ3v) is 6.17. The van der Waals surface area contributed by atoms with E-state index in [-0.39, 0.29) is 0 Å². The highest BCUT2D eigenvalue weighted by Gasteiger charge is 2.38. The minimum Gasteiger partial charge on any atom is -0.337 e. The SMILES string of the molecule is CCCC(CBr)(CCC)CN1CCN2C(=O)CCC2C1. The molecule has 1 atom stereocenters. The molecular formula is C16H29BrN2O. The lowest BCUT2D eigenvalue weighted by atomic mass is 9.80. The number of fused-ring (bicyclic) bond motifs is 1. The van der Waals surface area contributed by atoms with Gasteiger partial charge in [-0.2, -0.15) is 0 Å². The number of rotatable bonds is 7. The summed E-state index contributed by atoms with van der Waals surface area (Å²) >= 11 is 3.78. The van der Waals surface area contributed by atoms with Crippen LogP contribution in [0.1, 0.15) is 52.4 Å². The quantitative estimate of drug-likeness (QED) is 0.661. The van der Waals surface area contributed by atoms with Crippen molar-refractivity contribution in [3.05, 3.63) is 0 Å². The third kappa shape index (κ3) is 3.56. The Morgan fingerprint density at radius 1 is 1.25 bits per heavy atom. The lowest BCUT2D eigenvalue weighted by Gasteiger charge is -2.43. The molecule has 2 fully saturated rings. The number of piperazine rings is 1. The van der Waals surface area contributed by atoms with Crippen molar-refractivity contribution in [3.63, 3.8) is 0 Å². The molecule has 0 aromatic carbocycles. The van der Waals surface area contributed by atoms with Crippen LogP contribution in [0.2, 0.25) is 0 Å². The molecule has 0 radical (unpaired) electrons. The topological polar surface area (TPSA) is 23.6 Å². The van der Waals surface area contributed by atoms with E-state index in [1.165, 1.54) is 32.2 Å². The van der Waals surface area contributed by atoms with E-state index in [0.29, 0.717) is 17.4 Å². The van der Waals surface area contributed by atoms with E-state index in [1.807, 2.05) is 0 Å². The molecule has 2 rings (SSSR count). The Kier molecular flexibility index (Phi) is 5.91. The van der Waals surface area contributed by atoms with Crippen molar-refractivity contribution in [2.75, 3.05) is 31.5 Å². The van der Waals surface area contributed by atoms with Gasteiger partial charge in [-0.15, -0.1) is 0 Å². The van der Waals surface area contributed by atoms with Crippen molar-refractivity contribution >= 4 is 21.8 Å². The molecule has 1 unspecified atom stereocenters. The van der Waals surface area contributed by atoms with Crippen LogP contribution in [0.3, 0.4) is 0 Å². The number of alkyl halides is 1. The van der Waals surface area contributed by atoms with Crippen molar-refractivity contribution < 1.29 is 4.79 Å². The first-order chi connectivity index (χ1) is 9.64. The van der Waals surface area contributed by atoms with Crippen LogP contribution in [0, 0.1) is 5.41 Å². The number of nitrogens with zero attached hydrogens (tertiary/aromatic N) is 2. The van der Waals surface area contributed by atoms with Gasteiger partial charge in [0, 0.05) is 44.0 Å². The van der Waals surface area contributed by atoms with Gasteiger partial charge in [-0.05, 0) is 24.7 Å². The van der Waals surface area contributed by atoms with Gasteiger partial charge in [-0.3, -0.25) is 9.69 Å². The second-order valence-electron chi connectivity index (χ2n) is 6.65. The number of halogens is 1. The number of carbonyl (C=O) groups excluding carboxylic acids is 1. The molecule has 0 saturated carbocycles. The van der Waals surface area contributed by atoms with Crippen LogP contribution in [0.25, 0.3) is 0 Å². The Hall–Kier alpha value is -0.0900. The van der Waals surface area contributed by atoms with Gasteiger partial charge in [0.15, 0.2) is 0 Å². The van der Waals surface area contributed by atoms with Crippen molar-refractivity contribution in [1.29, 1.82) is 0 Å². The summed E-state index contributed by atoms with van der Waals surface area (Å²) in [5, 5.41) is 1.10. The lowest BCUT2D eigenvalue weighted by Crippen LogP contribution is -2.54. The summed E-state index contributed by atoms with van der Waals surface area (Å²) in [5.41, 5.74) is 0.425. The van der Waals surface area contributed by atoms with Crippen LogP contribution < -0.4 is 0 Å².